The molecule has 0 radical (unpaired) electrons. The number of carbonyl (C=O) groups excluding carboxylic acids is 2. The minimum absolute atomic E-state index is 0.0680. The second kappa shape index (κ2) is 4.61. The van der Waals surface area contributed by atoms with Crippen molar-refractivity contribution in [2.24, 2.45) is 11.7 Å². The van der Waals surface area contributed by atoms with E-state index in [4.69, 9.17) is 5.73 Å². The Hall–Kier alpha value is -1.10. The van der Waals surface area contributed by atoms with Crippen molar-refractivity contribution >= 4 is 11.8 Å². The molecule has 3 N–H and O–H groups in total. The number of hydrogen-bond acceptors (Lipinski definition) is 3. The molecular weight excluding hydrogens is 194 g/mol. The zero-order chi connectivity index (χ0) is 11.6. The summed E-state index contributed by atoms with van der Waals surface area (Å²) in [5.74, 6) is 0.0105. The molecule has 1 rings (SSSR count). The SMILES string of the molecule is CC(C)[C@H](N)C(=O)NC1CC(=O)N(C)C1. The van der Waals surface area contributed by atoms with Gasteiger partial charge in [-0.25, -0.2) is 0 Å². The Kier molecular flexibility index (Phi) is 3.68. The molecule has 15 heavy (non-hydrogen) atoms. The van der Waals surface area contributed by atoms with E-state index in [9.17, 15) is 9.59 Å². The van der Waals surface area contributed by atoms with Gasteiger partial charge in [0.2, 0.25) is 11.8 Å². The van der Waals surface area contributed by atoms with Crippen LogP contribution >= 0.6 is 0 Å². The maximum Gasteiger partial charge on any atom is 0.237 e. The molecule has 1 aliphatic heterocycles. The second-order valence-corrected chi connectivity index (χ2v) is 4.45. The van der Waals surface area contributed by atoms with Gasteiger partial charge in [0.25, 0.3) is 0 Å². The van der Waals surface area contributed by atoms with Gasteiger partial charge in [-0.2, -0.15) is 0 Å². The monoisotopic (exact) mass is 213 g/mol. The van der Waals surface area contributed by atoms with Crippen molar-refractivity contribution in [1.82, 2.24) is 10.2 Å². The van der Waals surface area contributed by atoms with Gasteiger partial charge in [0.15, 0.2) is 0 Å². The number of likely N-dealkylation sites (tertiary alicyclic amines) is 1. The number of amides is 2. The van der Waals surface area contributed by atoms with Gasteiger partial charge in [0, 0.05) is 20.0 Å². The van der Waals surface area contributed by atoms with E-state index in [0.717, 1.165) is 0 Å². The van der Waals surface area contributed by atoms with Gasteiger partial charge in [-0.1, -0.05) is 13.8 Å². The van der Waals surface area contributed by atoms with Crippen LogP contribution in [0.3, 0.4) is 0 Å². The largest absolute Gasteiger partial charge is 0.350 e. The van der Waals surface area contributed by atoms with E-state index in [2.05, 4.69) is 5.32 Å². The van der Waals surface area contributed by atoms with Crippen molar-refractivity contribution in [3.8, 4) is 0 Å². The van der Waals surface area contributed by atoms with Crippen LogP contribution in [0.5, 0.6) is 0 Å². The van der Waals surface area contributed by atoms with Crippen molar-refractivity contribution in [3.05, 3.63) is 0 Å². The Bertz CT molecular complexity index is 265. The Balaban J connectivity index is 2.43. The molecule has 1 heterocycles. The van der Waals surface area contributed by atoms with Gasteiger partial charge < -0.3 is 16.0 Å². The lowest BCUT2D eigenvalue weighted by Crippen LogP contribution is -2.48. The van der Waals surface area contributed by atoms with Crippen LogP contribution in [-0.4, -0.2) is 42.4 Å². The molecule has 5 nitrogen and oxygen atoms in total. The molecular formula is C10H19N3O2. The Morgan fingerprint density at radius 2 is 2.20 bits per heavy atom. The molecule has 0 bridgehead atoms. The summed E-state index contributed by atoms with van der Waals surface area (Å²) in [7, 11) is 1.73. The molecule has 0 aliphatic carbocycles. The fourth-order valence-electron chi connectivity index (χ4n) is 1.56. The first-order valence-corrected chi connectivity index (χ1v) is 5.21. The summed E-state index contributed by atoms with van der Waals surface area (Å²) in [6.45, 7) is 4.38. The van der Waals surface area contributed by atoms with Gasteiger partial charge in [-0.05, 0) is 5.92 Å². The molecule has 1 unspecified atom stereocenters. The number of nitrogens with zero attached hydrogens (tertiary/aromatic N) is 1. The lowest BCUT2D eigenvalue weighted by molar-refractivity contribution is -0.126. The van der Waals surface area contributed by atoms with E-state index in [1.54, 1.807) is 11.9 Å². The maximum atomic E-state index is 11.6. The van der Waals surface area contributed by atoms with E-state index in [1.807, 2.05) is 13.8 Å². The molecule has 1 aliphatic rings. The van der Waals surface area contributed by atoms with Crippen LogP contribution in [0, 0.1) is 5.92 Å². The third kappa shape index (κ3) is 2.92. The number of rotatable bonds is 3. The zero-order valence-corrected chi connectivity index (χ0v) is 9.49. The first-order valence-electron chi connectivity index (χ1n) is 5.21. The molecule has 0 aromatic carbocycles. The second-order valence-electron chi connectivity index (χ2n) is 4.45. The first-order chi connectivity index (χ1) is 6.91. The molecule has 2 atom stereocenters. The van der Waals surface area contributed by atoms with Gasteiger partial charge in [-0.15, -0.1) is 0 Å². The van der Waals surface area contributed by atoms with Crippen LogP contribution in [0.4, 0.5) is 0 Å². The highest BCUT2D eigenvalue weighted by atomic mass is 16.2. The van der Waals surface area contributed by atoms with E-state index in [1.165, 1.54) is 0 Å². The quantitative estimate of drug-likeness (QED) is 0.652. The topological polar surface area (TPSA) is 75.4 Å². The Morgan fingerprint density at radius 1 is 1.60 bits per heavy atom. The van der Waals surface area contributed by atoms with Crippen LogP contribution in [-0.2, 0) is 9.59 Å². The number of carbonyl (C=O) groups is 2. The van der Waals surface area contributed by atoms with Gasteiger partial charge >= 0.3 is 0 Å². The average molecular weight is 213 g/mol. The first kappa shape index (κ1) is 12.0. The summed E-state index contributed by atoms with van der Waals surface area (Å²) in [5, 5.41) is 2.79. The lowest BCUT2D eigenvalue weighted by Gasteiger charge is -2.18. The van der Waals surface area contributed by atoms with Crippen molar-refractivity contribution in [3.63, 3.8) is 0 Å². The van der Waals surface area contributed by atoms with Crippen LogP contribution < -0.4 is 11.1 Å². The smallest absolute Gasteiger partial charge is 0.237 e. The molecule has 5 heteroatoms. The standard InChI is InChI=1S/C10H19N3O2/c1-6(2)9(11)10(15)12-7-4-8(14)13(3)5-7/h6-7,9H,4-5,11H2,1-3H3,(H,12,15)/t7?,9-/m0/s1. The van der Waals surface area contributed by atoms with E-state index < -0.39 is 6.04 Å². The molecule has 86 valence electrons. The van der Waals surface area contributed by atoms with Crippen LogP contribution in [0.15, 0.2) is 0 Å². The lowest BCUT2D eigenvalue weighted by atomic mass is 10.0. The van der Waals surface area contributed by atoms with Crippen molar-refractivity contribution in [1.29, 1.82) is 0 Å². The van der Waals surface area contributed by atoms with Crippen LogP contribution in [0.1, 0.15) is 20.3 Å². The van der Waals surface area contributed by atoms with Crippen molar-refractivity contribution in [2.75, 3.05) is 13.6 Å². The van der Waals surface area contributed by atoms with E-state index in [-0.39, 0.29) is 23.8 Å². The van der Waals surface area contributed by atoms with E-state index >= 15 is 0 Å². The number of hydrogen-bond donors (Lipinski definition) is 2. The summed E-state index contributed by atoms with van der Waals surface area (Å²) >= 11 is 0. The molecule has 1 saturated heterocycles. The minimum Gasteiger partial charge on any atom is -0.350 e. The third-order valence-corrected chi connectivity index (χ3v) is 2.71. The minimum atomic E-state index is -0.494. The summed E-state index contributed by atoms with van der Waals surface area (Å²) in [5.41, 5.74) is 5.70. The summed E-state index contributed by atoms with van der Waals surface area (Å²) in [6.07, 6.45) is 0.382. The summed E-state index contributed by atoms with van der Waals surface area (Å²) in [4.78, 5) is 24.4. The maximum absolute atomic E-state index is 11.6. The average Bonchev–Trinajstić information content (AvgIpc) is 2.44. The van der Waals surface area contributed by atoms with Gasteiger partial charge in [0.1, 0.15) is 0 Å². The Morgan fingerprint density at radius 3 is 2.60 bits per heavy atom. The molecule has 1 fully saturated rings. The highest BCUT2D eigenvalue weighted by Crippen LogP contribution is 2.09. The van der Waals surface area contributed by atoms with Crippen molar-refractivity contribution in [2.45, 2.75) is 32.4 Å². The predicted molar refractivity (Wildman–Crippen MR) is 57.0 cm³/mol. The number of nitrogens with one attached hydrogen (secondary N) is 1. The molecule has 0 spiro atoms. The Labute approximate surface area is 90.0 Å². The number of likely N-dealkylation sites (N-methyl/N-ethyl adjacent to an activating group) is 1. The highest BCUT2D eigenvalue weighted by Gasteiger charge is 2.29. The molecule has 2 amide bonds. The highest BCUT2D eigenvalue weighted by molar-refractivity contribution is 5.84. The molecule has 0 saturated carbocycles. The normalized spacial score (nSPS) is 23.4. The van der Waals surface area contributed by atoms with E-state index in [0.29, 0.717) is 13.0 Å². The van der Waals surface area contributed by atoms with Crippen molar-refractivity contribution < 1.29 is 9.59 Å². The fraction of sp³-hybridized carbons (Fsp3) is 0.800. The summed E-state index contributed by atoms with van der Waals surface area (Å²) < 4.78 is 0. The number of nitrogens with two attached hydrogens (primary N) is 1. The predicted octanol–water partition coefficient (Wildman–Crippen LogP) is -0.683. The molecule has 0 aromatic heterocycles. The van der Waals surface area contributed by atoms with Gasteiger partial charge in [0.05, 0.1) is 12.1 Å². The van der Waals surface area contributed by atoms with Crippen LogP contribution in [0.25, 0.3) is 0 Å². The molecule has 0 aromatic rings. The van der Waals surface area contributed by atoms with Crippen LogP contribution in [0.2, 0.25) is 0 Å². The fourth-order valence-corrected chi connectivity index (χ4v) is 1.56. The summed E-state index contributed by atoms with van der Waals surface area (Å²) in [6, 6.07) is -0.578. The third-order valence-electron chi connectivity index (χ3n) is 2.71. The zero-order valence-electron chi connectivity index (χ0n) is 9.49. The van der Waals surface area contributed by atoms with Gasteiger partial charge in [-0.3, -0.25) is 9.59 Å².